The first-order chi connectivity index (χ1) is 7.56. The lowest BCUT2D eigenvalue weighted by Gasteiger charge is -2.20. The summed E-state index contributed by atoms with van der Waals surface area (Å²) in [5.74, 6) is 0. The molecule has 0 amide bonds. The van der Waals surface area contributed by atoms with Crippen LogP contribution in [0.2, 0.25) is 5.02 Å². The van der Waals surface area contributed by atoms with Crippen LogP contribution < -0.4 is 4.90 Å². The monoisotopic (exact) mass is 238 g/mol. The zero-order valence-corrected chi connectivity index (χ0v) is 10.2. The number of hydrogen-bond acceptors (Lipinski definition) is 3. The summed E-state index contributed by atoms with van der Waals surface area (Å²) < 4.78 is 0. The summed E-state index contributed by atoms with van der Waals surface area (Å²) in [6.45, 7) is 2.34. The first-order valence-electron chi connectivity index (χ1n) is 5.12. The Labute approximate surface area is 101 Å². The number of benzene rings is 1. The van der Waals surface area contributed by atoms with Gasteiger partial charge in [-0.2, -0.15) is 5.26 Å². The van der Waals surface area contributed by atoms with Gasteiger partial charge in [-0.3, -0.25) is 0 Å². The van der Waals surface area contributed by atoms with E-state index in [1.54, 1.807) is 13.0 Å². The lowest BCUT2D eigenvalue weighted by molar-refractivity contribution is 0.199. The molecule has 0 fully saturated rings. The van der Waals surface area contributed by atoms with Gasteiger partial charge in [-0.25, -0.2) is 0 Å². The van der Waals surface area contributed by atoms with Gasteiger partial charge in [-0.05, 0) is 24.6 Å². The van der Waals surface area contributed by atoms with Crippen LogP contribution in [0.5, 0.6) is 0 Å². The Hall–Kier alpha value is -1.24. The van der Waals surface area contributed by atoms with E-state index in [0.29, 0.717) is 18.0 Å². The maximum Gasteiger partial charge on any atom is 0.0762 e. The molecule has 0 aliphatic rings. The fraction of sp³-hybridized carbons (Fsp3) is 0.417. The van der Waals surface area contributed by atoms with Crippen LogP contribution in [0.25, 0.3) is 0 Å². The van der Waals surface area contributed by atoms with E-state index in [1.165, 1.54) is 0 Å². The van der Waals surface area contributed by atoms with E-state index in [-0.39, 0.29) is 0 Å². The maximum atomic E-state index is 9.40. The van der Waals surface area contributed by atoms with Gasteiger partial charge in [-0.15, -0.1) is 0 Å². The molecule has 86 valence electrons. The molecule has 0 aromatic heterocycles. The molecule has 0 unspecified atom stereocenters. The molecule has 0 saturated heterocycles. The van der Waals surface area contributed by atoms with Gasteiger partial charge in [0.1, 0.15) is 0 Å². The predicted octanol–water partition coefficient (Wildman–Crippen LogP) is 2.74. The molecule has 16 heavy (non-hydrogen) atoms. The Balaban J connectivity index is 2.86. The number of aliphatic hydroxyl groups excluding tert-OH is 1. The first-order valence-corrected chi connectivity index (χ1v) is 5.49. The van der Waals surface area contributed by atoms with Crippen molar-refractivity contribution in [1.82, 2.24) is 0 Å². The molecule has 0 radical (unpaired) electrons. The van der Waals surface area contributed by atoms with Gasteiger partial charge < -0.3 is 10.0 Å². The van der Waals surface area contributed by atoms with Gasteiger partial charge in [0.15, 0.2) is 0 Å². The number of halogens is 1. The Morgan fingerprint density at radius 3 is 2.75 bits per heavy atom. The number of aliphatic hydroxyl groups is 1. The van der Waals surface area contributed by atoms with Crippen molar-refractivity contribution in [2.75, 3.05) is 18.5 Å². The number of hydrogen-bond donors (Lipinski definition) is 1. The average molecular weight is 239 g/mol. The molecule has 1 N–H and O–H groups in total. The second kappa shape index (κ2) is 5.74. The zero-order chi connectivity index (χ0) is 12.1. The minimum absolute atomic E-state index is 0.463. The average Bonchev–Trinajstić information content (AvgIpc) is 2.25. The summed E-state index contributed by atoms with van der Waals surface area (Å²) in [7, 11) is 1.89. The lowest BCUT2D eigenvalue weighted by atomic mass is 10.1. The third-order valence-electron chi connectivity index (χ3n) is 2.42. The van der Waals surface area contributed by atoms with E-state index >= 15 is 0 Å². The van der Waals surface area contributed by atoms with Gasteiger partial charge >= 0.3 is 0 Å². The van der Waals surface area contributed by atoms with Gasteiger partial charge in [-0.1, -0.05) is 17.7 Å². The second-order valence-electron chi connectivity index (χ2n) is 3.72. The van der Waals surface area contributed by atoms with E-state index < -0.39 is 6.10 Å². The summed E-state index contributed by atoms with van der Waals surface area (Å²) in [5, 5.41) is 18.5. The highest BCUT2D eigenvalue weighted by atomic mass is 35.5. The predicted molar refractivity (Wildman–Crippen MR) is 65.6 cm³/mol. The Bertz CT molecular complexity index is 398. The molecule has 3 nitrogen and oxygen atoms in total. The molecule has 1 aromatic rings. The van der Waals surface area contributed by atoms with Crippen LogP contribution in [0.1, 0.15) is 25.0 Å². The van der Waals surface area contributed by atoms with Crippen molar-refractivity contribution in [3.05, 3.63) is 28.8 Å². The van der Waals surface area contributed by atoms with E-state index in [9.17, 15) is 5.11 Å². The summed E-state index contributed by atoms with van der Waals surface area (Å²) >= 11 is 6.11. The van der Waals surface area contributed by atoms with Gasteiger partial charge in [0.05, 0.1) is 29.3 Å². The quantitative estimate of drug-likeness (QED) is 0.878. The Morgan fingerprint density at radius 1 is 1.56 bits per heavy atom. The van der Waals surface area contributed by atoms with Crippen LogP contribution in [-0.4, -0.2) is 18.7 Å². The summed E-state index contributed by atoms with van der Waals surface area (Å²) in [4.78, 5) is 1.93. The van der Waals surface area contributed by atoms with Crippen molar-refractivity contribution in [3.8, 4) is 6.07 Å². The number of nitriles is 1. The smallest absolute Gasteiger partial charge is 0.0762 e. The standard InChI is InChI=1S/C12H15ClN2O/c1-9(16)10-4-5-12(11(13)8-10)15(2)7-3-6-14/h4-5,8-9,16H,3,7H2,1-2H3/t9-/m0/s1. The van der Waals surface area contributed by atoms with Crippen molar-refractivity contribution in [2.45, 2.75) is 19.4 Å². The number of rotatable bonds is 4. The van der Waals surface area contributed by atoms with E-state index in [1.807, 2.05) is 24.1 Å². The molecular formula is C12H15ClN2O. The molecule has 1 rings (SSSR count). The molecule has 0 bridgehead atoms. The second-order valence-corrected chi connectivity index (χ2v) is 4.12. The Morgan fingerprint density at radius 2 is 2.25 bits per heavy atom. The summed E-state index contributed by atoms with van der Waals surface area (Å²) in [6, 6.07) is 7.55. The SMILES string of the molecule is C[C@H](O)c1ccc(N(C)CCC#N)c(Cl)c1. The van der Waals surface area contributed by atoms with Crippen molar-refractivity contribution in [3.63, 3.8) is 0 Å². The molecular weight excluding hydrogens is 224 g/mol. The van der Waals surface area contributed by atoms with E-state index in [0.717, 1.165) is 11.3 Å². The van der Waals surface area contributed by atoms with Crippen molar-refractivity contribution < 1.29 is 5.11 Å². The van der Waals surface area contributed by atoms with Crippen LogP contribution >= 0.6 is 11.6 Å². The Kier molecular flexibility index (Phi) is 4.60. The van der Waals surface area contributed by atoms with Crippen LogP contribution in [0, 0.1) is 11.3 Å². The number of anilines is 1. The van der Waals surface area contributed by atoms with Gasteiger partial charge in [0, 0.05) is 13.6 Å². The van der Waals surface area contributed by atoms with Gasteiger partial charge in [0.25, 0.3) is 0 Å². The van der Waals surface area contributed by atoms with Crippen LogP contribution in [0.3, 0.4) is 0 Å². The molecule has 0 saturated carbocycles. The molecule has 0 spiro atoms. The van der Waals surface area contributed by atoms with E-state index in [4.69, 9.17) is 16.9 Å². The molecule has 0 aliphatic heterocycles. The highest BCUT2D eigenvalue weighted by molar-refractivity contribution is 6.33. The third kappa shape index (κ3) is 3.13. The van der Waals surface area contributed by atoms with Crippen molar-refractivity contribution in [1.29, 1.82) is 5.26 Å². The minimum Gasteiger partial charge on any atom is -0.389 e. The minimum atomic E-state index is -0.518. The normalized spacial score (nSPS) is 11.9. The zero-order valence-electron chi connectivity index (χ0n) is 9.44. The van der Waals surface area contributed by atoms with Crippen molar-refractivity contribution in [2.24, 2.45) is 0 Å². The molecule has 0 heterocycles. The van der Waals surface area contributed by atoms with Crippen LogP contribution in [0.4, 0.5) is 5.69 Å². The van der Waals surface area contributed by atoms with E-state index in [2.05, 4.69) is 6.07 Å². The molecule has 0 aliphatic carbocycles. The molecule has 1 aromatic carbocycles. The molecule has 1 atom stereocenters. The van der Waals surface area contributed by atoms with Crippen LogP contribution in [-0.2, 0) is 0 Å². The highest BCUT2D eigenvalue weighted by Gasteiger charge is 2.08. The topological polar surface area (TPSA) is 47.3 Å². The van der Waals surface area contributed by atoms with Crippen LogP contribution in [0.15, 0.2) is 18.2 Å². The van der Waals surface area contributed by atoms with Gasteiger partial charge in [0.2, 0.25) is 0 Å². The largest absolute Gasteiger partial charge is 0.389 e. The third-order valence-corrected chi connectivity index (χ3v) is 2.73. The lowest BCUT2D eigenvalue weighted by Crippen LogP contribution is -2.18. The highest BCUT2D eigenvalue weighted by Crippen LogP contribution is 2.28. The summed E-state index contributed by atoms with van der Waals surface area (Å²) in [6.07, 6.45) is -0.0543. The summed E-state index contributed by atoms with van der Waals surface area (Å²) in [5.41, 5.74) is 1.67. The molecule has 4 heteroatoms. The fourth-order valence-corrected chi connectivity index (χ4v) is 1.76. The fourth-order valence-electron chi connectivity index (χ4n) is 1.43. The maximum absolute atomic E-state index is 9.40. The number of nitrogens with zero attached hydrogens (tertiary/aromatic N) is 2. The first kappa shape index (κ1) is 12.8. The van der Waals surface area contributed by atoms with Crippen molar-refractivity contribution >= 4 is 17.3 Å².